The van der Waals surface area contributed by atoms with Gasteiger partial charge in [0, 0.05) is 24.9 Å². The highest BCUT2D eigenvalue weighted by atomic mass is 35.5. The number of aromatic nitrogens is 4. The molecule has 0 aliphatic carbocycles. The van der Waals surface area contributed by atoms with Crippen molar-refractivity contribution in [2.45, 2.75) is 24.6 Å². The lowest BCUT2D eigenvalue weighted by atomic mass is 10.2. The number of fused-ring (bicyclic) bond motifs is 1. The van der Waals surface area contributed by atoms with Gasteiger partial charge in [-0.15, -0.1) is 0 Å². The second-order valence-corrected chi connectivity index (χ2v) is 9.23. The average molecular weight is 583 g/mol. The van der Waals surface area contributed by atoms with E-state index in [1.165, 1.54) is 18.3 Å². The van der Waals surface area contributed by atoms with E-state index >= 15 is 0 Å². The predicted molar refractivity (Wildman–Crippen MR) is 121 cm³/mol. The summed E-state index contributed by atoms with van der Waals surface area (Å²) in [6, 6.07) is 2.49. The van der Waals surface area contributed by atoms with Crippen LogP contribution in [0.1, 0.15) is 12.0 Å². The van der Waals surface area contributed by atoms with Gasteiger partial charge in [-0.1, -0.05) is 40.0 Å². The zero-order valence-electron chi connectivity index (χ0n) is 17.9. The van der Waals surface area contributed by atoms with Crippen LogP contribution in [0.25, 0.3) is 28.6 Å². The van der Waals surface area contributed by atoms with Crippen LogP contribution in [0.2, 0.25) is 15.1 Å². The summed E-state index contributed by atoms with van der Waals surface area (Å²) < 4.78 is 77.7. The largest absolute Gasteiger partial charge is 0.490 e. The summed E-state index contributed by atoms with van der Waals surface area (Å²) in [7, 11) is 0. The first-order valence-corrected chi connectivity index (χ1v) is 11.4. The summed E-state index contributed by atoms with van der Waals surface area (Å²) in [4.78, 5) is 19.6. The molecule has 1 aliphatic heterocycles. The molecule has 0 radical (unpaired) electrons. The molecule has 0 saturated carbocycles. The highest BCUT2D eigenvalue weighted by Crippen LogP contribution is 2.38. The van der Waals surface area contributed by atoms with E-state index in [0.717, 1.165) is 16.7 Å². The molecule has 0 bridgehead atoms. The number of pyridine rings is 1. The number of rotatable bonds is 5. The molecule has 37 heavy (non-hydrogen) atoms. The fraction of sp³-hybridized carbons (Fsp3) is 0.238. The molecule has 4 aromatic rings. The minimum absolute atomic E-state index is 0.0365. The van der Waals surface area contributed by atoms with Crippen molar-refractivity contribution in [3.63, 3.8) is 0 Å². The van der Waals surface area contributed by atoms with Crippen LogP contribution in [0.3, 0.4) is 0 Å². The number of carbonyl (C=O) groups is 1. The lowest BCUT2D eigenvalue weighted by Crippen LogP contribution is -2.32. The zero-order chi connectivity index (χ0) is 26.7. The third kappa shape index (κ3) is 4.90. The van der Waals surface area contributed by atoms with E-state index in [1.807, 2.05) is 0 Å². The first kappa shape index (κ1) is 25.5. The van der Waals surface area contributed by atoms with Crippen LogP contribution >= 0.6 is 34.8 Å². The lowest BCUT2D eigenvalue weighted by Gasteiger charge is -2.13. The summed E-state index contributed by atoms with van der Waals surface area (Å²) in [6.07, 6.45) is -3.25. The van der Waals surface area contributed by atoms with Crippen LogP contribution in [-0.2, 0) is 11.0 Å². The molecule has 3 aromatic heterocycles. The fourth-order valence-electron chi connectivity index (χ4n) is 3.59. The monoisotopic (exact) mass is 581 g/mol. The molecule has 1 saturated heterocycles. The summed E-state index contributed by atoms with van der Waals surface area (Å²) in [5.41, 5.74) is -0.640. The summed E-state index contributed by atoms with van der Waals surface area (Å²) >= 11 is 18.5. The maximum Gasteiger partial charge on any atom is 0.417 e. The minimum atomic E-state index is -4.61. The SMILES string of the molecule is O=C1N[C@H](COc2cc(Cl)c(-c3nc(-c4cn5cc(C(F)(F)F)cc(Cl)c5n4)no3)cc2Cl)CC1(F)F. The Kier molecular flexibility index (Phi) is 6.20. The summed E-state index contributed by atoms with van der Waals surface area (Å²) in [6.45, 7) is -0.270. The third-order valence-corrected chi connectivity index (χ3v) is 6.24. The van der Waals surface area contributed by atoms with Crippen molar-refractivity contribution < 1.29 is 36.0 Å². The van der Waals surface area contributed by atoms with Gasteiger partial charge >= 0.3 is 12.1 Å². The lowest BCUT2D eigenvalue weighted by molar-refractivity contribution is -0.140. The van der Waals surface area contributed by atoms with E-state index in [0.29, 0.717) is 0 Å². The van der Waals surface area contributed by atoms with Gasteiger partial charge < -0.3 is 19.0 Å². The molecular weight excluding hydrogens is 572 g/mol. The third-order valence-electron chi connectivity index (χ3n) is 5.35. The van der Waals surface area contributed by atoms with Crippen LogP contribution in [0.15, 0.2) is 35.1 Å². The van der Waals surface area contributed by atoms with Crippen molar-refractivity contribution >= 4 is 46.4 Å². The van der Waals surface area contributed by atoms with Gasteiger partial charge in [0.25, 0.3) is 11.8 Å². The van der Waals surface area contributed by atoms with Gasteiger partial charge in [0.15, 0.2) is 5.65 Å². The van der Waals surface area contributed by atoms with Crippen LogP contribution in [0.5, 0.6) is 5.75 Å². The Morgan fingerprint density at radius 1 is 1.11 bits per heavy atom. The summed E-state index contributed by atoms with van der Waals surface area (Å²) in [5, 5.41) is 5.79. The maximum atomic E-state index is 13.4. The number of imidazole rings is 1. The van der Waals surface area contributed by atoms with Gasteiger partial charge in [-0.3, -0.25) is 4.79 Å². The van der Waals surface area contributed by atoms with Gasteiger partial charge in [-0.25, -0.2) is 4.98 Å². The molecule has 16 heteroatoms. The smallest absolute Gasteiger partial charge is 0.417 e. The van der Waals surface area contributed by atoms with Crippen molar-refractivity contribution in [2.75, 3.05) is 6.61 Å². The Hall–Kier alpha value is -3.16. The van der Waals surface area contributed by atoms with E-state index in [9.17, 15) is 26.7 Å². The van der Waals surface area contributed by atoms with Crippen molar-refractivity contribution in [2.24, 2.45) is 0 Å². The second-order valence-electron chi connectivity index (χ2n) is 8.01. The van der Waals surface area contributed by atoms with Crippen LogP contribution in [0.4, 0.5) is 22.0 Å². The van der Waals surface area contributed by atoms with Crippen molar-refractivity contribution in [1.29, 1.82) is 0 Å². The number of hydrogen-bond donors (Lipinski definition) is 1. The first-order chi connectivity index (χ1) is 17.3. The molecule has 4 heterocycles. The Balaban J connectivity index is 1.37. The molecule has 1 aliphatic rings. The molecule has 1 amide bonds. The summed E-state index contributed by atoms with van der Waals surface area (Å²) in [5.74, 6) is -4.93. The number of nitrogens with zero attached hydrogens (tertiary/aromatic N) is 4. The van der Waals surface area contributed by atoms with E-state index < -0.39 is 36.0 Å². The normalized spacial score (nSPS) is 17.4. The minimum Gasteiger partial charge on any atom is -0.490 e. The molecule has 1 aromatic carbocycles. The van der Waals surface area contributed by atoms with Gasteiger partial charge in [0.1, 0.15) is 18.1 Å². The van der Waals surface area contributed by atoms with Crippen molar-refractivity contribution in [3.8, 4) is 28.7 Å². The maximum absolute atomic E-state index is 13.4. The molecular formula is C21H11Cl3F5N5O3. The molecule has 0 unspecified atom stereocenters. The number of nitrogens with one attached hydrogen (secondary N) is 1. The van der Waals surface area contributed by atoms with Crippen LogP contribution < -0.4 is 10.1 Å². The predicted octanol–water partition coefficient (Wildman–Crippen LogP) is 5.93. The standard InChI is InChI=1S/C21H11Cl3F5N5O3/c22-11-3-15(36-7-9-4-20(25,26)19(35)30-9)12(23)2-10(11)18-32-16(33-37-18)14-6-34-5-8(21(27,28)29)1-13(24)17(34)31-14/h1-3,5-6,9H,4,7H2,(H,30,35)/t9-/m0/s1. The Morgan fingerprint density at radius 2 is 1.86 bits per heavy atom. The van der Waals surface area contributed by atoms with Gasteiger partial charge in [-0.2, -0.15) is 26.9 Å². The number of benzene rings is 1. The molecule has 5 rings (SSSR count). The number of hydrogen-bond acceptors (Lipinski definition) is 6. The highest BCUT2D eigenvalue weighted by Gasteiger charge is 2.48. The Labute approximate surface area is 218 Å². The van der Waals surface area contributed by atoms with E-state index in [4.69, 9.17) is 44.1 Å². The second kappa shape index (κ2) is 8.99. The van der Waals surface area contributed by atoms with Crippen LogP contribution in [-0.4, -0.2) is 44.0 Å². The number of halogens is 8. The van der Waals surface area contributed by atoms with E-state index in [-0.39, 0.29) is 56.0 Å². The molecule has 1 fully saturated rings. The van der Waals surface area contributed by atoms with Gasteiger partial charge in [0.05, 0.1) is 32.2 Å². The van der Waals surface area contributed by atoms with Crippen molar-refractivity contribution in [1.82, 2.24) is 24.8 Å². The van der Waals surface area contributed by atoms with Gasteiger partial charge in [-0.05, 0) is 12.1 Å². The first-order valence-electron chi connectivity index (χ1n) is 10.2. The zero-order valence-corrected chi connectivity index (χ0v) is 20.2. The molecule has 8 nitrogen and oxygen atoms in total. The average Bonchev–Trinajstić information content (AvgIpc) is 3.51. The number of alkyl halides is 5. The van der Waals surface area contributed by atoms with Gasteiger partial charge in [0.2, 0.25) is 5.82 Å². The fourth-order valence-corrected chi connectivity index (χ4v) is 4.30. The Morgan fingerprint density at radius 3 is 2.54 bits per heavy atom. The molecule has 0 spiro atoms. The Bertz CT molecular complexity index is 1540. The quantitative estimate of drug-likeness (QED) is 0.293. The number of ether oxygens (including phenoxy) is 1. The number of amides is 1. The highest BCUT2D eigenvalue weighted by molar-refractivity contribution is 6.36. The topological polar surface area (TPSA) is 94.5 Å². The number of carbonyl (C=O) groups excluding carboxylic acids is 1. The van der Waals surface area contributed by atoms with E-state index in [1.54, 1.807) is 0 Å². The molecule has 1 atom stereocenters. The molecule has 194 valence electrons. The van der Waals surface area contributed by atoms with Crippen LogP contribution in [0, 0.1) is 0 Å². The molecule has 1 N–H and O–H groups in total. The van der Waals surface area contributed by atoms with E-state index in [2.05, 4.69) is 20.4 Å². The van der Waals surface area contributed by atoms with Crippen molar-refractivity contribution in [3.05, 3.63) is 51.2 Å².